The Morgan fingerprint density at radius 1 is 1.41 bits per heavy atom. The number of carbonyl (C=O) groups excluding carboxylic acids is 1. The average molecular weight is 327 g/mol. The molecule has 0 fully saturated rings. The second kappa shape index (κ2) is 5.91. The molecule has 0 heterocycles. The van der Waals surface area contributed by atoms with Crippen molar-refractivity contribution in [2.75, 3.05) is 5.33 Å². The van der Waals surface area contributed by atoms with E-state index in [1.54, 1.807) is 19.1 Å². The van der Waals surface area contributed by atoms with Crippen molar-refractivity contribution in [1.29, 1.82) is 0 Å². The van der Waals surface area contributed by atoms with Gasteiger partial charge in [-0.25, -0.2) is 0 Å². The van der Waals surface area contributed by atoms with Crippen LogP contribution >= 0.6 is 27.7 Å². The molecule has 17 heavy (non-hydrogen) atoms. The van der Waals surface area contributed by atoms with Crippen LogP contribution in [0.2, 0.25) is 0 Å². The molecule has 0 radical (unpaired) electrons. The molecule has 0 saturated carbocycles. The molecule has 0 bridgehead atoms. The fraction of sp³-hybridized carbons (Fsp3) is 0.364. The minimum absolute atomic E-state index is 0.0241. The van der Waals surface area contributed by atoms with Gasteiger partial charge in [0.15, 0.2) is 0 Å². The molecule has 1 aromatic rings. The lowest BCUT2D eigenvalue weighted by atomic mass is 10.0. The smallest absolute Gasteiger partial charge is 0.298 e. The fourth-order valence-corrected chi connectivity index (χ4v) is 2.32. The van der Waals surface area contributed by atoms with E-state index in [9.17, 15) is 18.0 Å². The number of carbonyl (C=O) groups is 1. The summed E-state index contributed by atoms with van der Waals surface area (Å²) in [6, 6.07) is 4.66. The summed E-state index contributed by atoms with van der Waals surface area (Å²) in [5, 5.41) is 0.150. The van der Waals surface area contributed by atoms with E-state index in [0.717, 1.165) is 0 Å². The topological polar surface area (TPSA) is 17.1 Å². The summed E-state index contributed by atoms with van der Waals surface area (Å²) in [4.78, 5) is 11.4. The SMILES string of the molecule is Cc1cccc(SC(F)(F)F)c1CC(=O)CBr. The summed E-state index contributed by atoms with van der Waals surface area (Å²) in [7, 11) is 0. The van der Waals surface area contributed by atoms with Gasteiger partial charge in [-0.15, -0.1) is 0 Å². The van der Waals surface area contributed by atoms with Crippen LogP contribution in [-0.2, 0) is 11.2 Å². The molecule has 0 N–H and O–H groups in total. The third kappa shape index (κ3) is 4.71. The predicted octanol–water partition coefficient (Wildman–Crippen LogP) is 4.11. The largest absolute Gasteiger partial charge is 0.446 e. The van der Waals surface area contributed by atoms with Crippen molar-refractivity contribution in [3.8, 4) is 0 Å². The van der Waals surface area contributed by atoms with Gasteiger partial charge in [-0.3, -0.25) is 4.79 Å². The lowest BCUT2D eigenvalue weighted by molar-refractivity contribution is -0.115. The number of thioether (sulfide) groups is 1. The van der Waals surface area contributed by atoms with Gasteiger partial charge in [-0.05, 0) is 35.9 Å². The Hall–Kier alpha value is -0.490. The number of halogens is 4. The zero-order valence-electron chi connectivity index (χ0n) is 8.97. The van der Waals surface area contributed by atoms with Gasteiger partial charge in [0.05, 0.1) is 5.33 Å². The van der Waals surface area contributed by atoms with Crippen molar-refractivity contribution in [2.45, 2.75) is 23.7 Å². The number of ketones is 1. The predicted molar refractivity (Wildman–Crippen MR) is 65.6 cm³/mol. The second-order valence-electron chi connectivity index (χ2n) is 3.45. The van der Waals surface area contributed by atoms with Crippen molar-refractivity contribution in [1.82, 2.24) is 0 Å². The van der Waals surface area contributed by atoms with Crippen molar-refractivity contribution in [3.05, 3.63) is 29.3 Å². The van der Waals surface area contributed by atoms with Gasteiger partial charge in [0.25, 0.3) is 0 Å². The van der Waals surface area contributed by atoms with Crippen molar-refractivity contribution in [3.63, 3.8) is 0 Å². The Kier molecular flexibility index (Phi) is 5.06. The minimum atomic E-state index is -4.33. The molecule has 1 aromatic carbocycles. The van der Waals surface area contributed by atoms with Crippen LogP contribution in [0.25, 0.3) is 0 Å². The third-order valence-electron chi connectivity index (χ3n) is 2.12. The highest BCUT2D eigenvalue weighted by Gasteiger charge is 2.30. The first-order chi connectivity index (χ1) is 7.83. The van der Waals surface area contributed by atoms with Crippen LogP contribution in [0.5, 0.6) is 0 Å². The van der Waals surface area contributed by atoms with E-state index in [0.29, 0.717) is 11.1 Å². The van der Waals surface area contributed by atoms with E-state index in [-0.39, 0.29) is 34.2 Å². The average Bonchev–Trinajstić information content (AvgIpc) is 2.20. The molecule has 1 rings (SSSR count). The number of Topliss-reactive ketones (excluding diaryl/α,β-unsaturated/α-hetero) is 1. The van der Waals surface area contributed by atoms with Gasteiger partial charge in [-0.1, -0.05) is 28.1 Å². The summed E-state index contributed by atoms with van der Waals surface area (Å²) in [5.74, 6) is -0.136. The van der Waals surface area contributed by atoms with Crippen LogP contribution in [0.15, 0.2) is 23.1 Å². The number of aryl methyl sites for hydroxylation is 1. The molecule has 0 spiro atoms. The highest BCUT2D eigenvalue weighted by atomic mass is 79.9. The first kappa shape index (κ1) is 14.6. The number of rotatable bonds is 4. The Bertz CT molecular complexity index is 418. The summed E-state index contributed by atoms with van der Waals surface area (Å²) in [6.45, 7) is 1.71. The first-order valence-electron chi connectivity index (χ1n) is 4.75. The molecule has 0 unspecified atom stereocenters. The maximum atomic E-state index is 12.3. The van der Waals surface area contributed by atoms with Crippen LogP contribution < -0.4 is 0 Å². The molecule has 6 heteroatoms. The number of hydrogen-bond donors (Lipinski definition) is 0. The highest BCUT2D eigenvalue weighted by molar-refractivity contribution is 9.09. The van der Waals surface area contributed by atoms with Gasteiger partial charge < -0.3 is 0 Å². The molecular weight excluding hydrogens is 317 g/mol. The van der Waals surface area contributed by atoms with Gasteiger partial charge in [-0.2, -0.15) is 13.2 Å². The minimum Gasteiger partial charge on any atom is -0.298 e. The van der Waals surface area contributed by atoms with E-state index in [2.05, 4.69) is 15.9 Å². The van der Waals surface area contributed by atoms with Crippen LogP contribution in [0, 0.1) is 6.92 Å². The van der Waals surface area contributed by atoms with Crippen molar-refractivity contribution in [2.24, 2.45) is 0 Å². The van der Waals surface area contributed by atoms with Crippen LogP contribution in [-0.4, -0.2) is 16.6 Å². The molecule has 0 atom stereocenters. The van der Waals surface area contributed by atoms with Crippen LogP contribution in [0.1, 0.15) is 11.1 Å². The van der Waals surface area contributed by atoms with E-state index < -0.39 is 5.51 Å². The zero-order chi connectivity index (χ0) is 13.1. The Balaban J connectivity index is 3.04. The normalized spacial score (nSPS) is 11.6. The molecule has 1 nitrogen and oxygen atoms in total. The standard InChI is InChI=1S/C11H10BrF3OS/c1-7-3-2-4-10(17-11(13,14)15)9(7)5-8(16)6-12/h2-4H,5-6H2,1H3. The summed E-state index contributed by atoms with van der Waals surface area (Å²) in [6.07, 6.45) is 0.0241. The number of hydrogen-bond acceptors (Lipinski definition) is 2. The quantitative estimate of drug-likeness (QED) is 0.611. The molecule has 0 aliphatic heterocycles. The molecule has 0 aliphatic rings. The molecule has 0 amide bonds. The van der Waals surface area contributed by atoms with Crippen LogP contribution in [0.3, 0.4) is 0 Å². The molecular formula is C11H10BrF3OS. The van der Waals surface area contributed by atoms with Gasteiger partial charge in [0.2, 0.25) is 0 Å². The summed E-state index contributed by atoms with van der Waals surface area (Å²) >= 11 is 2.83. The van der Waals surface area contributed by atoms with Gasteiger partial charge in [0.1, 0.15) is 5.78 Å². The van der Waals surface area contributed by atoms with E-state index in [1.807, 2.05) is 0 Å². The zero-order valence-corrected chi connectivity index (χ0v) is 11.4. The van der Waals surface area contributed by atoms with E-state index >= 15 is 0 Å². The molecule has 0 aromatic heterocycles. The third-order valence-corrected chi connectivity index (χ3v) is 3.58. The lowest BCUT2D eigenvalue weighted by Gasteiger charge is -2.12. The van der Waals surface area contributed by atoms with Gasteiger partial charge >= 0.3 is 5.51 Å². The van der Waals surface area contributed by atoms with Crippen molar-refractivity contribution >= 4 is 33.5 Å². The van der Waals surface area contributed by atoms with Crippen LogP contribution in [0.4, 0.5) is 13.2 Å². The van der Waals surface area contributed by atoms with E-state index in [4.69, 9.17) is 0 Å². The fourth-order valence-electron chi connectivity index (χ4n) is 1.37. The highest BCUT2D eigenvalue weighted by Crippen LogP contribution is 2.39. The first-order valence-corrected chi connectivity index (χ1v) is 6.69. The Labute approximate surface area is 110 Å². The molecule has 0 aliphatic carbocycles. The number of alkyl halides is 4. The summed E-state index contributed by atoms with van der Waals surface area (Å²) < 4.78 is 37.0. The lowest BCUT2D eigenvalue weighted by Crippen LogP contribution is -2.08. The van der Waals surface area contributed by atoms with Gasteiger partial charge in [0, 0.05) is 11.3 Å². The Morgan fingerprint density at radius 2 is 2.06 bits per heavy atom. The number of benzene rings is 1. The second-order valence-corrected chi connectivity index (χ2v) is 5.12. The monoisotopic (exact) mass is 326 g/mol. The summed E-state index contributed by atoms with van der Waals surface area (Å²) in [5.41, 5.74) is -3.17. The maximum Gasteiger partial charge on any atom is 0.446 e. The van der Waals surface area contributed by atoms with Crippen molar-refractivity contribution < 1.29 is 18.0 Å². The molecule has 94 valence electrons. The Morgan fingerprint density at radius 3 is 2.59 bits per heavy atom. The molecule has 0 saturated heterocycles. The maximum absolute atomic E-state index is 12.3. The van der Waals surface area contributed by atoms with E-state index in [1.165, 1.54) is 6.07 Å².